The first kappa shape index (κ1) is 31.8. The lowest BCUT2D eigenvalue weighted by Gasteiger charge is -2.39. The number of aryl methyl sites for hydroxylation is 1. The predicted molar refractivity (Wildman–Crippen MR) is 176 cm³/mol. The molecule has 10 heteroatoms. The smallest absolute Gasteiger partial charge is 0.410 e. The van der Waals surface area contributed by atoms with Crippen LogP contribution in [0.25, 0.3) is 22.2 Å². The summed E-state index contributed by atoms with van der Waals surface area (Å²) in [6, 6.07) is 19.8. The number of hydrogen-bond acceptors (Lipinski definition) is 7. The average molecular weight is 630 g/mol. The summed E-state index contributed by atoms with van der Waals surface area (Å²) in [6.07, 6.45) is 1.18. The van der Waals surface area contributed by atoms with E-state index in [1.165, 1.54) is 10.5 Å². The normalized spacial score (nSPS) is 19.8. The number of hydrogen-bond donors (Lipinski definition) is 1. The first-order valence-corrected chi connectivity index (χ1v) is 16.2. The Morgan fingerprint density at radius 1 is 1.02 bits per heavy atom. The zero-order valence-electron chi connectivity index (χ0n) is 27.2. The van der Waals surface area contributed by atoms with E-state index in [2.05, 4.69) is 28.1 Å². The lowest BCUT2D eigenvalue weighted by molar-refractivity contribution is 0.000721. The number of benzene rings is 2. The van der Waals surface area contributed by atoms with Crippen LogP contribution in [0.3, 0.4) is 0 Å². The molecule has 2 aliphatic rings. The van der Waals surface area contributed by atoms with E-state index in [4.69, 9.17) is 14.6 Å². The van der Waals surface area contributed by atoms with Gasteiger partial charge in [0, 0.05) is 37.5 Å². The van der Waals surface area contributed by atoms with Gasteiger partial charge in [-0.25, -0.2) is 9.18 Å². The number of halogens is 1. The van der Waals surface area contributed by atoms with E-state index >= 15 is 4.39 Å². The van der Waals surface area contributed by atoms with Gasteiger partial charge >= 0.3 is 6.09 Å². The lowest BCUT2D eigenvalue weighted by atomic mass is 9.87. The number of amides is 1. The van der Waals surface area contributed by atoms with E-state index in [0.717, 1.165) is 60.2 Å². The molecule has 4 heterocycles. The van der Waals surface area contributed by atoms with Gasteiger partial charge in [0.1, 0.15) is 24.1 Å². The molecular formula is C36H44FN5O4. The number of ether oxygens (including phenoxy) is 2. The Balaban J connectivity index is 1.09. The predicted octanol–water partition coefficient (Wildman–Crippen LogP) is 6.69. The highest BCUT2D eigenvalue weighted by atomic mass is 19.1. The first-order valence-electron chi connectivity index (χ1n) is 16.2. The van der Waals surface area contributed by atoms with Crippen LogP contribution in [-0.2, 0) is 18.4 Å². The third-order valence-electron chi connectivity index (χ3n) is 9.07. The van der Waals surface area contributed by atoms with Crippen LogP contribution >= 0.6 is 0 Å². The molecule has 244 valence electrons. The highest BCUT2D eigenvalue weighted by Crippen LogP contribution is 2.37. The molecule has 4 aromatic rings. The van der Waals surface area contributed by atoms with Gasteiger partial charge in [0.15, 0.2) is 0 Å². The molecule has 1 amide bonds. The molecule has 2 saturated heterocycles. The maximum atomic E-state index is 15.2. The topological polar surface area (TPSA) is 93.0 Å². The number of rotatable bonds is 7. The fourth-order valence-corrected chi connectivity index (χ4v) is 6.61. The molecule has 46 heavy (non-hydrogen) atoms. The maximum Gasteiger partial charge on any atom is 0.410 e. The van der Waals surface area contributed by atoms with Crippen molar-refractivity contribution >= 4 is 17.0 Å². The summed E-state index contributed by atoms with van der Waals surface area (Å²) < 4.78 is 28.6. The highest BCUT2D eigenvalue weighted by molar-refractivity contribution is 5.95. The number of alkyl halides is 1. The van der Waals surface area contributed by atoms with Gasteiger partial charge in [-0.15, -0.1) is 0 Å². The molecule has 0 radical (unpaired) electrons. The van der Waals surface area contributed by atoms with Crippen LogP contribution in [0.5, 0.6) is 11.8 Å². The number of fused-ring (bicyclic) bond motifs is 1. The second-order valence-electron chi connectivity index (χ2n) is 13.6. The van der Waals surface area contributed by atoms with Crippen molar-refractivity contribution in [3.63, 3.8) is 0 Å². The Kier molecular flexibility index (Phi) is 9.18. The Labute approximate surface area is 269 Å². The summed E-state index contributed by atoms with van der Waals surface area (Å²) in [7, 11) is 1.94. The van der Waals surface area contributed by atoms with Crippen LogP contribution in [0.1, 0.15) is 57.1 Å². The van der Waals surface area contributed by atoms with Gasteiger partial charge in [-0.3, -0.25) is 4.68 Å². The minimum atomic E-state index is -1.05. The van der Waals surface area contributed by atoms with E-state index in [-0.39, 0.29) is 18.3 Å². The van der Waals surface area contributed by atoms with Gasteiger partial charge in [-0.05, 0) is 82.3 Å². The number of carbonyl (C=O) groups excluding carboxylic acids is 1. The fraction of sp³-hybridized carbons (Fsp3) is 0.472. The maximum absolute atomic E-state index is 15.2. The third kappa shape index (κ3) is 7.28. The molecule has 2 fully saturated rings. The lowest BCUT2D eigenvalue weighted by Crippen LogP contribution is -2.50. The van der Waals surface area contributed by atoms with Crippen molar-refractivity contribution < 1.29 is 23.8 Å². The van der Waals surface area contributed by atoms with Crippen LogP contribution in [0.15, 0.2) is 60.7 Å². The fourth-order valence-electron chi connectivity index (χ4n) is 6.61. The van der Waals surface area contributed by atoms with Gasteiger partial charge in [-0.2, -0.15) is 10.1 Å². The number of nitrogens with zero attached hydrogens (tertiary/aromatic N) is 5. The first-order chi connectivity index (χ1) is 22.0. The van der Waals surface area contributed by atoms with Gasteiger partial charge in [0.25, 0.3) is 0 Å². The van der Waals surface area contributed by atoms with E-state index in [0.29, 0.717) is 31.4 Å². The summed E-state index contributed by atoms with van der Waals surface area (Å²) in [5.74, 6) is 0.574. The summed E-state index contributed by atoms with van der Waals surface area (Å²) >= 11 is 0. The van der Waals surface area contributed by atoms with Gasteiger partial charge < -0.3 is 24.4 Å². The largest absolute Gasteiger partial charge is 0.493 e. The van der Waals surface area contributed by atoms with Crippen molar-refractivity contribution in [1.82, 2.24) is 24.6 Å². The molecule has 6 rings (SSSR count). The number of piperidine rings is 2. The number of likely N-dealkylation sites (tertiary alicyclic amines) is 2. The number of pyridine rings is 1. The third-order valence-corrected chi connectivity index (χ3v) is 9.07. The van der Waals surface area contributed by atoms with Crippen molar-refractivity contribution in [2.45, 2.75) is 64.3 Å². The molecule has 2 aromatic carbocycles. The Hall–Kier alpha value is -4.18. The van der Waals surface area contributed by atoms with Gasteiger partial charge in [0.2, 0.25) is 11.8 Å². The molecular weight excluding hydrogens is 585 g/mol. The molecule has 0 spiro atoms. The van der Waals surface area contributed by atoms with Crippen LogP contribution in [0.4, 0.5) is 9.18 Å². The second kappa shape index (κ2) is 13.3. The molecule has 0 unspecified atom stereocenters. The molecule has 0 saturated carbocycles. The average Bonchev–Trinajstić information content (AvgIpc) is 3.36. The minimum Gasteiger partial charge on any atom is -0.493 e. The number of aromatic hydroxyl groups is 1. The highest BCUT2D eigenvalue weighted by Gasteiger charge is 2.35. The Bertz CT molecular complexity index is 1660. The van der Waals surface area contributed by atoms with Gasteiger partial charge in [0.05, 0.1) is 17.6 Å². The molecule has 9 nitrogen and oxygen atoms in total. The summed E-state index contributed by atoms with van der Waals surface area (Å²) in [4.78, 5) is 20.6. The van der Waals surface area contributed by atoms with Gasteiger partial charge in [-0.1, -0.05) is 42.5 Å². The van der Waals surface area contributed by atoms with Crippen molar-refractivity contribution in [1.29, 1.82) is 0 Å². The van der Waals surface area contributed by atoms with Crippen molar-refractivity contribution in [3.05, 3.63) is 71.8 Å². The standard InChI is InChI=1S/C36H44FN5O4/c1-36(2,3)46-35(44)42-19-16-27(30(37)22-42)21-41-17-14-25(15-18-41)26-10-11-28-31(20-26)40(4)39-33(28)29-12-13-32(43)38-34(29)45-23-24-8-6-5-7-9-24/h5-13,20,25,27,30H,14-19,21-23H2,1-4H3,(H,38,43)/t27-,30-/m0/s1. The van der Waals surface area contributed by atoms with Crippen LogP contribution < -0.4 is 4.74 Å². The minimum absolute atomic E-state index is 0.0737. The SMILES string of the molecule is Cn1nc(-c2ccc(O)nc2OCc2ccccc2)c2ccc(C3CCN(C[C@@H]4CCN(C(=O)OC(C)(C)C)C[C@@H]4F)CC3)cc21. The summed E-state index contributed by atoms with van der Waals surface area (Å²) in [5, 5.41) is 16.0. The van der Waals surface area contributed by atoms with Crippen LogP contribution in [0.2, 0.25) is 0 Å². The molecule has 2 aliphatic heterocycles. The van der Waals surface area contributed by atoms with E-state index < -0.39 is 17.9 Å². The molecule has 0 aliphatic carbocycles. The quantitative estimate of drug-likeness (QED) is 0.243. The van der Waals surface area contributed by atoms with E-state index in [1.807, 2.05) is 62.8 Å². The summed E-state index contributed by atoms with van der Waals surface area (Å²) in [5.41, 5.74) is 4.21. The van der Waals surface area contributed by atoms with Crippen molar-refractivity contribution in [3.8, 4) is 23.0 Å². The second-order valence-corrected chi connectivity index (χ2v) is 13.6. The Morgan fingerprint density at radius 2 is 1.78 bits per heavy atom. The van der Waals surface area contributed by atoms with Crippen molar-refractivity contribution in [2.75, 3.05) is 32.7 Å². The molecule has 0 bridgehead atoms. The Morgan fingerprint density at radius 3 is 2.50 bits per heavy atom. The molecule has 2 atom stereocenters. The number of aromatic nitrogens is 3. The van der Waals surface area contributed by atoms with Crippen molar-refractivity contribution in [2.24, 2.45) is 13.0 Å². The van der Waals surface area contributed by atoms with Crippen LogP contribution in [-0.4, -0.2) is 80.3 Å². The van der Waals surface area contributed by atoms with E-state index in [9.17, 15) is 9.90 Å². The monoisotopic (exact) mass is 629 g/mol. The van der Waals surface area contributed by atoms with Crippen LogP contribution in [0, 0.1) is 5.92 Å². The summed E-state index contributed by atoms with van der Waals surface area (Å²) in [6.45, 7) is 9.00. The zero-order valence-corrected chi connectivity index (χ0v) is 27.2. The molecule has 2 aromatic heterocycles. The zero-order chi connectivity index (χ0) is 32.4. The van der Waals surface area contributed by atoms with E-state index in [1.54, 1.807) is 12.1 Å². The molecule has 1 N–H and O–H groups in total. The number of carbonyl (C=O) groups is 1.